The number of nitriles is 1. The number of halogens is 1. The third-order valence-electron chi connectivity index (χ3n) is 2.34. The van der Waals surface area contributed by atoms with Gasteiger partial charge in [0, 0.05) is 16.0 Å². The Bertz CT molecular complexity index is 625. The van der Waals surface area contributed by atoms with Gasteiger partial charge >= 0.3 is 0 Å². The van der Waals surface area contributed by atoms with Crippen LogP contribution in [0, 0.1) is 17.1 Å². The second kappa shape index (κ2) is 4.48. The van der Waals surface area contributed by atoms with Crippen molar-refractivity contribution in [3.63, 3.8) is 0 Å². The summed E-state index contributed by atoms with van der Waals surface area (Å²) in [6.45, 7) is 1.44. The zero-order chi connectivity index (χ0) is 12.4. The van der Waals surface area contributed by atoms with Crippen LogP contribution in [-0.2, 0) is 0 Å². The lowest BCUT2D eigenvalue weighted by Crippen LogP contribution is -1.95. The average molecular weight is 245 g/mol. The van der Waals surface area contributed by atoms with E-state index in [9.17, 15) is 9.18 Å². The third-order valence-corrected chi connectivity index (χ3v) is 3.37. The van der Waals surface area contributed by atoms with Gasteiger partial charge in [-0.05, 0) is 37.3 Å². The highest BCUT2D eigenvalue weighted by Crippen LogP contribution is 2.31. The van der Waals surface area contributed by atoms with E-state index in [1.165, 1.54) is 36.5 Å². The summed E-state index contributed by atoms with van der Waals surface area (Å²) in [5, 5.41) is 8.75. The minimum Gasteiger partial charge on any atom is -0.294 e. The smallest absolute Gasteiger partial charge is 0.160 e. The van der Waals surface area contributed by atoms with Crippen LogP contribution in [0.25, 0.3) is 10.4 Å². The van der Waals surface area contributed by atoms with Crippen molar-refractivity contribution < 1.29 is 9.18 Å². The number of carbonyl (C=O) groups is 1. The molecule has 0 saturated heterocycles. The largest absolute Gasteiger partial charge is 0.294 e. The van der Waals surface area contributed by atoms with E-state index in [1.54, 1.807) is 12.1 Å². The molecule has 0 bridgehead atoms. The predicted octanol–water partition coefficient (Wildman–Crippen LogP) is 3.63. The lowest BCUT2D eigenvalue weighted by Gasteiger charge is -2.04. The van der Waals surface area contributed by atoms with Crippen molar-refractivity contribution >= 4 is 17.1 Å². The molecular formula is C13H8FNOS. The first-order valence-electron chi connectivity index (χ1n) is 4.92. The summed E-state index contributed by atoms with van der Waals surface area (Å²) in [6.07, 6.45) is 0. The van der Waals surface area contributed by atoms with Gasteiger partial charge in [0.2, 0.25) is 0 Å². The van der Waals surface area contributed by atoms with Crippen molar-refractivity contribution in [2.75, 3.05) is 0 Å². The van der Waals surface area contributed by atoms with Crippen LogP contribution < -0.4 is 0 Å². The molecule has 0 spiro atoms. The van der Waals surface area contributed by atoms with Crippen LogP contribution in [0.15, 0.2) is 30.3 Å². The van der Waals surface area contributed by atoms with Crippen LogP contribution >= 0.6 is 11.3 Å². The molecular weight excluding hydrogens is 237 g/mol. The van der Waals surface area contributed by atoms with E-state index in [2.05, 4.69) is 0 Å². The highest BCUT2D eigenvalue weighted by molar-refractivity contribution is 7.16. The number of rotatable bonds is 2. The minimum absolute atomic E-state index is 0.119. The van der Waals surface area contributed by atoms with Crippen molar-refractivity contribution in [1.82, 2.24) is 0 Å². The molecule has 0 radical (unpaired) electrons. The Labute approximate surface area is 102 Å². The molecule has 2 nitrogen and oxygen atoms in total. The van der Waals surface area contributed by atoms with E-state index in [4.69, 9.17) is 5.26 Å². The molecule has 4 heteroatoms. The number of hydrogen-bond acceptors (Lipinski definition) is 3. The summed E-state index contributed by atoms with van der Waals surface area (Å²) >= 11 is 1.25. The van der Waals surface area contributed by atoms with Gasteiger partial charge in [-0.1, -0.05) is 0 Å². The fraction of sp³-hybridized carbons (Fsp3) is 0.0769. The van der Waals surface area contributed by atoms with Crippen LogP contribution in [0.5, 0.6) is 0 Å². The van der Waals surface area contributed by atoms with E-state index >= 15 is 0 Å². The van der Waals surface area contributed by atoms with Crippen LogP contribution in [0.1, 0.15) is 22.2 Å². The highest BCUT2D eigenvalue weighted by atomic mass is 32.1. The van der Waals surface area contributed by atoms with Gasteiger partial charge < -0.3 is 0 Å². The normalized spacial score (nSPS) is 9.94. The van der Waals surface area contributed by atoms with Gasteiger partial charge in [-0.2, -0.15) is 5.26 Å². The lowest BCUT2D eigenvalue weighted by molar-refractivity contribution is 0.101. The van der Waals surface area contributed by atoms with Crippen molar-refractivity contribution in [3.8, 4) is 16.5 Å². The summed E-state index contributed by atoms with van der Waals surface area (Å²) < 4.78 is 13.2. The number of carbonyl (C=O) groups excluding carboxylic acids is 1. The molecule has 0 aliphatic carbocycles. The zero-order valence-electron chi connectivity index (χ0n) is 9.03. The number of Topliss-reactive ketones (excluding diaryl/α,β-unsaturated/α-hetero) is 1. The van der Waals surface area contributed by atoms with Gasteiger partial charge in [-0.3, -0.25) is 4.79 Å². The number of ketones is 1. The van der Waals surface area contributed by atoms with Gasteiger partial charge in [0.1, 0.15) is 16.8 Å². The molecule has 1 aromatic carbocycles. The third kappa shape index (κ3) is 2.24. The first-order chi connectivity index (χ1) is 8.11. The van der Waals surface area contributed by atoms with Crippen molar-refractivity contribution in [1.29, 1.82) is 5.26 Å². The monoisotopic (exact) mass is 245 g/mol. The summed E-state index contributed by atoms with van der Waals surface area (Å²) in [5.41, 5.74) is 1.02. The lowest BCUT2D eigenvalue weighted by atomic mass is 10.0. The number of nitrogens with zero attached hydrogens (tertiary/aromatic N) is 1. The Morgan fingerprint density at radius 3 is 2.71 bits per heavy atom. The number of thiophene rings is 1. The van der Waals surface area contributed by atoms with Gasteiger partial charge in [-0.15, -0.1) is 11.3 Å². The van der Waals surface area contributed by atoms with Crippen LogP contribution in [0.4, 0.5) is 4.39 Å². The van der Waals surface area contributed by atoms with Crippen molar-refractivity contribution in [2.45, 2.75) is 6.92 Å². The Morgan fingerprint density at radius 2 is 2.12 bits per heavy atom. The summed E-state index contributed by atoms with van der Waals surface area (Å²) in [4.78, 5) is 12.7. The maximum absolute atomic E-state index is 13.2. The Hall–Kier alpha value is -1.99. The van der Waals surface area contributed by atoms with Gasteiger partial charge in [0.15, 0.2) is 5.78 Å². The molecule has 0 unspecified atom stereocenters. The SMILES string of the molecule is CC(=O)c1ccc(F)cc1-c1ccc(C#N)s1. The topological polar surface area (TPSA) is 40.9 Å². The number of benzene rings is 1. The zero-order valence-corrected chi connectivity index (χ0v) is 9.84. The molecule has 17 heavy (non-hydrogen) atoms. The molecule has 0 aliphatic rings. The van der Waals surface area contributed by atoms with Gasteiger partial charge in [0.05, 0.1) is 0 Å². The van der Waals surface area contributed by atoms with Crippen molar-refractivity contribution in [3.05, 3.63) is 46.6 Å². The molecule has 0 atom stereocenters. The second-order valence-electron chi connectivity index (χ2n) is 3.52. The van der Waals surface area contributed by atoms with Crippen LogP contribution in [0.3, 0.4) is 0 Å². The average Bonchev–Trinajstić information content (AvgIpc) is 2.76. The summed E-state index contributed by atoms with van der Waals surface area (Å²) in [5.74, 6) is -0.510. The quantitative estimate of drug-likeness (QED) is 0.758. The minimum atomic E-state index is -0.392. The molecule has 2 aromatic rings. The Kier molecular flexibility index (Phi) is 3.03. The first-order valence-corrected chi connectivity index (χ1v) is 5.74. The summed E-state index contributed by atoms with van der Waals surface area (Å²) in [6, 6.07) is 9.47. The van der Waals surface area contributed by atoms with E-state index in [0.717, 1.165) is 4.88 Å². The highest BCUT2D eigenvalue weighted by Gasteiger charge is 2.12. The number of hydrogen-bond donors (Lipinski definition) is 0. The molecule has 0 saturated carbocycles. The van der Waals surface area contributed by atoms with Crippen molar-refractivity contribution in [2.24, 2.45) is 0 Å². The van der Waals surface area contributed by atoms with Gasteiger partial charge in [-0.25, -0.2) is 4.39 Å². The molecule has 0 N–H and O–H groups in total. The Morgan fingerprint density at radius 1 is 1.35 bits per heavy atom. The molecule has 0 aliphatic heterocycles. The van der Waals surface area contributed by atoms with E-state index in [-0.39, 0.29) is 5.78 Å². The van der Waals surface area contributed by atoms with Gasteiger partial charge in [0.25, 0.3) is 0 Å². The van der Waals surface area contributed by atoms with E-state index in [1.807, 2.05) is 6.07 Å². The molecule has 0 fully saturated rings. The standard InChI is InChI=1S/C13H8FNOS/c1-8(16)11-4-2-9(14)6-12(11)13-5-3-10(7-15)17-13/h2-6H,1H3. The van der Waals surface area contributed by atoms with Crippen LogP contribution in [0.2, 0.25) is 0 Å². The maximum atomic E-state index is 13.2. The fourth-order valence-electron chi connectivity index (χ4n) is 1.57. The summed E-state index contributed by atoms with van der Waals surface area (Å²) in [7, 11) is 0. The predicted molar refractivity (Wildman–Crippen MR) is 64.4 cm³/mol. The molecule has 84 valence electrons. The van der Waals surface area contributed by atoms with E-state index in [0.29, 0.717) is 16.0 Å². The molecule has 1 aromatic heterocycles. The molecule has 0 amide bonds. The Balaban J connectivity index is 2.61. The van der Waals surface area contributed by atoms with E-state index < -0.39 is 5.82 Å². The van der Waals surface area contributed by atoms with Crippen LogP contribution in [-0.4, -0.2) is 5.78 Å². The maximum Gasteiger partial charge on any atom is 0.160 e. The molecule has 1 heterocycles. The first kappa shape index (κ1) is 11.5. The fourth-order valence-corrected chi connectivity index (χ4v) is 2.40. The second-order valence-corrected chi connectivity index (χ2v) is 4.61. The molecule has 2 rings (SSSR count).